The fraction of sp³-hybridized carbons (Fsp3) is 0.0800. The fourth-order valence-corrected chi connectivity index (χ4v) is 4.98. The van der Waals surface area contributed by atoms with E-state index in [2.05, 4.69) is 10.6 Å². The number of nitrogens with zero attached hydrogens (tertiary/aromatic N) is 2. The third kappa shape index (κ3) is 2.03. The van der Waals surface area contributed by atoms with Crippen LogP contribution >= 0.6 is 0 Å². The first kappa shape index (κ1) is 16.6. The molecule has 1 spiro atoms. The average molecular weight is 404 g/mol. The van der Waals surface area contributed by atoms with E-state index in [1.807, 2.05) is 72.8 Å². The number of carbonyl (C=O) groups excluding carboxylic acids is 1. The molecular weight excluding hydrogens is 388 g/mol. The van der Waals surface area contributed by atoms with Crippen LogP contribution in [0.5, 0.6) is 0 Å². The van der Waals surface area contributed by atoms with E-state index < -0.39 is 5.54 Å². The summed E-state index contributed by atoms with van der Waals surface area (Å²) in [6.45, 7) is 0.199. The molecule has 0 saturated heterocycles. The van der Waals surface area contributed by atoms with Gasteiger partial charge in [0.25, 0.3) is 0 Å². The van der Waals surface area contributed by atoms with Crippen LogP contribution in [0.15, 0.2) is 84.1 Å². The van der Waals surface area contributed by atoms with Gasteiger partial charge in [-0.25, -0.2) is 14.8 Å². The summed E-state index contributed by atoms with van der Waals surface area (Å²) in [5.41, 5.74) is 7.11. The second-order valence-electron chi connectivity index (χ2n) is 7.93. The third-order valence-electron chi connectivity index (χ3n) is 6.28. The highest BCUT2D eigenvalue weighted by Crippen LogP contribution is 2.55. The Morgan fingerprint density at radius 1 is 0.839 bits per heavy atom. The standard InChI is InChI=1S/C25H16N4O2/c30-24-21-20(13-31-24)26-18-11-5-6-12-19(18)29-25(21)15-8-2-1-7-14(15)22-23(25)28-17-10-4-3-9-16(17)27-22/h1-12,26,29H,13H2. The molecule has 1 unspecified atom stereocenters. The summed E-state index contributed by atoms with van der Waals surface area (Å²) in [5, 5.41) is 7.11. The molecule has 0 amide bonds. The highest BCUT2D eigenvalue weighted by atomic mass is 16.5. The number of para-hydroxylation sites is 4. The molecule has 4 aromatic rings. The van der Waals surface area contributed by atoms with Crippen LogP contribution in [0.2, 0.25) is 0 Å². The zero-order chi connectivity index (χ0) is 20.6. The molecule has 7 rings (SSSR count). The van der Waals surface area contributed by atoms with Crippen LogP contribution in [-0.2, 0) is 15.1 Å². The van der Waals surface area contributed by atoms with E-state index in [0.717, 1.165) is 50.6 Å². The van der Waals surface area contributed by atoms with Gasteiger partial charge in [0, 0.05) is 5.56 Å². The normalized spacial score (nSPS) is 20.3. The Labute approximate surface area is 177 Å². The minimum atomic E-state index is -0.995. The molecule has 1 atom stereocenters. The van der Waals surface area contributed by atoms with Crippen molar-refractivity contribution in [3.63, 3.8) is 0 Å². The summed E-state index contributed by atoms with van der Waals surface area (Å²) in [4.78, 5) is 23.2. The van der Waals surface area contributed by atoms with Crippen molar-refractivity contribution in [2.45, 2.75) is 5.54 Å². The van der Waals surface area contributed by atoms with E-state index >= 15 is 0 Å². The van der Waals surface area contributed by atoms with Gasteiger partial charge in [-0.05, 0) is 29.8 Å². The minimum Gasteiger partial charge on any atom is -0.456 e. The van der Waals surface area contributed by atoms with Gasteiger partial charge in [-0.1, -0.05) is 48.5 Å². The Morgan fingerprint density at radius 3 is 2.42 bits per heavy atom. The van der Waals surface area contributed by atoms with E-state index in [0.29, 0.717) is 5.57 Å². The number of carbonyl (C=O) groups is 1. The van der Waals surface area contributed by atoms with E-state index in [-0.39, 0.29) is 12.6 Å². The fourth-order valence-electron chi connectivity index (χ4n) is 4.98. The van der Waals surface area contributed by atoms with Gasteiger partial charge in [-0.15, -0.1) is 0 Å². The lowest BCUT2D eigenvalue weighted by Gasteiger charge is -2.32. The monoisotopic (exact) mass is 404 g/mol. The number of rotatable bonds is 0. The maximum Gasteiger partial charge on any atom is 0.339 e. The van der Waals surface area contributed by atoms with Gasteiger partial charge >= 0.3 is 5.97 Å². The summed E-state index contributed by atoms with van der Waals surface area (Å²) >= 11 is 0. The highest BCUT2D eigenvalue weighted by Gasteiger charge is 2.55. The van der Waals surface area contributed by atoms with Crippen LogP contribution in [-0.4, -0.2) is 22.5 Å². The molecule has 2 aliphatic heterocycles. The van der Waals surface area contributed by atoms with E-state index in [1.54, 1.807) is 0 Å². The summed E-state index contributed by atoms with van der Waals surface area (Å²) in [5.74, 6) is -0.347. The summed E-state index contributed by atoms with van der Waals surface area (Å²) in [6, 6.07) is 23.8. The predicted molar refractivity (Wildman–Crippen MR) is 117 cm³/mol. The molecule has 3 heterocycles. The first-order valence-electron chi connectivity index (χ1n) is 10.2. The van der Waals surface area contributed by atoms with E-state index in [1.165, 1.54) is 0 Å². The second kappa shape index (κ2) is 5.70. The van der Waals surface area contributed by atoms with E-state index in [9.17, 15) is 4.79 Å². The number of cyclic esters (lactones) is 1. The molecule has 0 saturated carbocycles. The lowest BCUT2D eigenvalue weighted by molar-refractivity contribution is -0.136. The molecule has 0 radical (unpaired) electrons. The lowest BCUT2D eigenvalue weighted by atomic mass is 9.82. The van der Waals surface area contributed by atoms with Crippen LogP contribution in [0.1, 0.15) is 11.3 Å². The molecule has 6 heteroatoms. The van der Waals surface area contributed by atoms with Gasteiger partial charge in [-0.3, -0.25) is 0 Å². The van der Waals surface area contributed by atoms with Gasteiger partial charge in [0.1, 0.15) is 17.8 Å². The van der Waals surface area contributed by atoms with Crippen LogP contribution in [0.4, 0.5) is 11.4 Å². The number of anilines is 2. The summed E-state index contributed by atoms with van der Waals surface area (Å²) < 4.78 is 5.51. The number of hydrogen-bond acceptors (Lipinski definition) is 6. The molecule has 3 aromatic carbocycles. The molecule has 0 fully saturated rings. The molecule has 1 aliphatic carbocycles. The van der Waals surface area contributed by atoms with Crippen molar-refractivity contribution in [1.82, 2.24) is 9.97 Å². The predicted octanol–water partition coefficient (Wildman–Crippen LogP) is 4.20. The first-order valence-corrected chi connectivity index (χ1v) is 10.2. The highest BCUT2D eigenvalue weighted by molar-refractivity contribution is 6.02. The zero-order valence-corrected chi connectivity index (χ0v) is 16.3. The van der Waals surface area contributed by atoms with Gasteiger partial charge < -0.3 is 15.4 Å². The maximum absolute atomic E-state index is 13.1. The number of ether oxygens (including phenoxy) is 1. The summed E-state index contributed by atoms with van der Waals surface area (Å²) in [7, 11) is 0. The first-order chi connectivity index (χ1) is 15.3. The van der Waals surface area contributed by atoms with Crippen molar-refractivity contribution >= 4 is 28.4 Å². The maximum atomic E-state index is 13.1. The third-order valence-corrected chi connectivity index (χ3v) is 6.28. The van der Waals surface area contributed by atoms with Crippen molar-refractivity contribution < 1.29 is 9.53 Å². The molecule has 3 aliphatic rings. The van der Waals surface area contributed by atoms with Crippen molar-refractivity contribution in [3.05, 3.63) is 95.3 Å². The SMILES string of the molecule is O=C1OCC2=C1C1(Nc3ccccc3N2)c2ccccc2-c2nc3ccccc3nc21. The Morgan fingerprint density at radius 2 is 1.55 bits per heavy atom. The quantitative estimate of drug-likeness (QED) is 0.428. The van der Waals surface area contributed by atoms with Crippen LogP contribution in [0.3, 0.4) is 0 Å². The molecule has 1 aromatic heterocycles. The van der Waals surface area contributed by atoms with Crippen molar-refractivity contribution in [2.24, 2.45) is 0 Å². The lowest BCUT2D eigenvalue weighted by Crippen LogP contribution is -2.40. The largest absolute Gasteiger partial charge is 0.456 e. The van der Waals surface area contributed by atoms with Crippen molar-refractivity contribution in [3.8, 4) is 11.3 Å². The Hall–Kier alpha value is -4.19. The smallest absolute Gasteiger partial charge is 0.339 e. The van der Waals surface area contributed by atoms with Gasteiger partial charge in [0.15, 0.2) is 0 Å². The van der Waals surface area contributed by atoms with Crippen LogP contribution < -0.4 is 10.6 Å². The number of aromatic nitrogens is 2. The summed E-state index contributed by atoms with van der Waals surface area (Å²) in [6.07, 6.45) is 0. The molecule has 0 bridgehead atoms. The van der Waals surface area contributed by atoms with Crippen LogP contribution in [0, 0.1) is 0 Å². The number of esters is 1. The van der Waals surface area contributed by atoms with Gasteiger partial charge in [-0.2, -0.15) is 0 Å². The molecule has 6 nitrogen and oxygen atoms in total. The number of nitrogens with one attached hydrogen (secondary N) is 2. The molecular formula is C25H16N4O2. The minimum absolute atomic E-state index is 0.199. The van der Waals surface area contributed by atoms with Crippen molar-refractivity contribution in [2.75, 3.05) is 17.2 Å². The molecule has 148 valence electrons. The number of hydrogen-bond donors (Lipinski definition) is 2. The average Bonchev–Trinajstić information content (AvgIpc) is 3.23. The van der Waals surface area contributed by atoms with Gasteiger partial charge in [0.2, 0.25) is 0 Å². The van der Waals surface area contributed by atoms with Gasteiger partial charge in [0.05, 0.1) is 39.4 Å². The topological polar surface area (TPSA) is 76.1 Å². The van der Waals surface area contributed by atoms with Crippen molar-refractivity contribution in [1.29, 1.82) is 0 Å². The zero-order valence-electron chi connectivity index (χ0n) is 16.3. The molecule has 31 heavy (non-hydrogen) atoms. The number of benzene rings is 3. The Bertz CT molecular complexity index is 1480. The second-order valence-corrected chi connectivity index (χ2v) is 7.93. The number of fused-ring (bicyclic) bond motifs is 8. The van der Waals surface area contributed by atoms with E-state index in [4.69, 9.17) is 14.7 Å². The van der Waals surface area contributed by atoms with Crippen LogP contribution in [0.25, 0.3) is 22.3 Å². The Kier molecular flexibility index (Phi) is 3.05. The Balaban J connectivity index is 1.65. The molecule has 2 N–H and O–H groups in total.